The molecule has 0 aromatic heterocycles. The van der Waals surface area contributed by atoms with E-state index in [0.717, 1.165) is 0 Å². The normalized spacial score (nSPS) is 23.8. The molecule has 1 aromatic carbocycles. The monoisotopic (exact) mass is 362 g/mol. The Labute approximate surface area is 137 Å². The zero-order chi connectivity index (χ0) is 17.3. The van der Waals surface area contributed by atoms with Gasteiger partial charge in [-0.05, 0) is 45.0 Å². The molecule has 0 spiro atoms. The third-order valence-corrected chi connectivity index (χ3v) is 7.49. The molecule has 1 aliphatic rings. The van der Waals surface area contributed by atoms with E-state index in [1.807, 2.05) is 0 Å². The Morgan fingerprint density at radius 3 is 2.52 bits per heavy atom. The Kier molecular flexibility index (Phi) is 5.47. The van der Waals surface area contributed by atoms with Crippen LogP contribution in [0.2, 0.25) is 0 Å². The first-order valence-corrected chi connectivity index (χ1v) is 10.4. The molecule has 130 valence electrons. The van der Waals surface area contributed by atoms with Gasteiger partial charge in [-0.25, -0.2) is 26.3 Å². The van der Waals surface area contributed by atoms with Gasteiger partial charge in [0.15, 0.2) is 0 Å². The molecule has 3 unspecified atom stereocenters. The van der Waals surface area contributed by atoms with Crippen LogP contribution in [0, 0.1) is 0 Å². The summed E-state index contributed by atoms with van der Waals surface area (Å²) in [4.78, 5) is 0.0983. The van der Waals surface area contributed by atoms with Crippen molar-refractivity contribution in [3.8, 4) is 0 Å². The quantitative estimate of drug-likeness (QED) is 0.778. The van der Waals surface area contributed by atoms with Gasteiger partial charge in [0.05, 0.1) is 11.0 Å². The Bertz CT molecular complexity index is 761. The lowest BCUT2D eigenvalue weighted by Gasteiger charge is -2.20. The van der Waals surface area contributed by atoms with Crippen molar-refractivity contribution >= 4 is 20.0 Å². The van der Waals surface area contributed by atoms with E-state index in [2.05, 4.69) is 9.44 Å². The zero-order valence-corrected chi connectivity index (χ0v) is 14.9. The predicted octanol–water partition coefficient (Wildman–Crippen LogP) is 0.752. The fourth-order valence-corrected chi connectivity index (χ4v) is 5.17. The molecule has 0 saturated carbocycles. The van der Waals surface area contributed by atoms with Gasteiger partial charge in [-0.2, -0.15) is 0 Å². The molecule has 23 heavy (non-hydrogen) atoms. The van der Waals surface area contributed by atoms with Crippen LogP contribution < -0.4 is 9.44 Å². The molecular weight excluding hydrogens is 340 g/mol. The molecule has 1 heterocycles. The van der Waals surface area contributed by atoms with E-state index in [0.29, 0.717) is 18.6 Å². The number of benzene rings is 1. The molecule has 0 bridgehead atoms. The Balaban J connectivity index is 2.21. The molecule has 1 saturated heterocycles. The van der Waals surface area contributed by atoms with Crippen molar-refractivity contribution in [2.75, 3.05) is 13.7 Å². The van der Waals surface area contributed by atoms with E-state index in [-0.39, 0.29) is 11.0 Å². The first-order chi connectivity index (χ1) is 10.7. The standard InChI is InChI=1S/C14H22N2O5S2/c1-10(16-23(19,20)14-7-8-21-11(14)2)12-5-4-6-13(9-12)22(17,18)15-3/h4-6,9-11,14-16H,7-8H2,1-3H3. The van der Waals surface area contributed by atoms with Crippen molar-refractivity contribution < 1.29 is 21.6 Å². The fourth-order valence-electron chi connectivity index (χ4n) is 2.59. The van der Waals surface area contributed by atoms with E-state index in [1.165, 1.54) is 19.2 Å². The Morgan fingerprint density at radius 1 is 1.26 bits per heavy atom. The largest absolute Gasteiger partial charge is 0.377 e. The third-order valence-electron chi connectivity index (χ3n) is 3.98. The second-order valence-electron chi connectivity index (χ2n) is 5.57. The maximum absolute atomic E-state index is 12.4. The average molecular weight is 362 g/mol. The second kappa shape index (κ2) is 6.86. The molecule has 0 amide bonds. The lowest BCUT2D eigenvalue weighted by atomic mass is 10.1. The van der Waals surface area contributed by atoms with Crippen molar-refractivity contribution in [3.05, 3.63) is 29.8 Å². The van der Waals surface area contributed by atoms with Gasteiger partial charge in [-0.3, -0.25) is 0 Å². The van der Waals surface area contributed by atoms with Gasteiger partial charge < -0.3 is 4.74 Å². The number of hydrogen-bond donors (Lipinski definition) is 2. The molecule has 2 rings (SSSR count). The molecule has 3 atom stereocenters. The van der Waals surface area contributed by atoms with Gasteiger partial charge in [0.25, 0.3) is 0 Å². The summed E-state index contributed by atoms with van der Waals surface area (Å²) in [6.07, 6.45) is 0.105. The SMILES string of the molecule is CNS(=O)(=O)c1cccc(C(C)NS(=O)(=O)C2CCOC2C)c1. The van der Waals surface area contributed by atoms with Crippen LogP contribution in [-0.4, -0.2) is 41.8 Å². The predicted molar refractivity (Wildman–Crippen MR) is 87.0 cm³/mol. The molecule has 1 aromatic rings. The van der Waals surface area contributed by atoms with E-state index in [9.17, 15) is 16.8 Å². The van der Waals surface area contributed by atoms with E-state index in [1.54, 1.807) is 26.0 Å². The van der Waals surface area contributed by atoms with Crippen LogP contribution in [0.1, 0.15) is 31.9 Å². The molecule has 0 aliphatic carbocycles. The maximum atomic E-state index is 12.4. The molecule has 1 fully saturated rings. The summed E-state index contributed by atoms with van der Waals surface area (Å²) in [5.41, 5.74) is 0.580. The minimum atomic E-state index is -3.57. The van der Waals surface area contributed by atoms with E-state index >= 15 is 0 Å². The Morgan fingerprint density at radius 2 is 1.96 bits per heavy atom. The summed E-state index contributed by atoms with van der Waals surface area (Å²) >= 11 is 0. The lowest BCUT2D eigenvalue weighted by molar-refractivity contribution is 0.126. The summed E-state index contributed by atoms with van der Waals surface area (Å²) < 4.78 is 58.7. The molecule has 1 aliphatic heterocycles. The highest BCUT2D eigenvalue weighted by Gasteiger charge is 2.36. The highest BCUT2D eigenvalue weighted by molar-refractivity contribution is 7.90. The number of ether oxygens (including phenoxy) is 1. The summed E-state index contributed by atoms with van der Waals surface area (Å²) in [5, 5.41) is -0.589. The van der Waals surface area contributed by atoms with Crippen molar-refractivity contribution in [2.24, 2.45) is 0 Å². The van der Waals surface area contributed by atoms with Gasteiger partial charge in [-0.15, -0.1) is 0 Å². The van der Waals surface area contributed by atoms with Gasteiger partial charge in [-0.1, -0.05) is 12.1 Å². The Hall–Kier alpha value is -1.00. The van der Waals surface area contributed by atoms with Crippen LogP contribution >= 0.6 is 0 Å². The van der Waals surface area contributed by atoms with E-state index in [4.69, 9.17) is 4.74 Å². The molecular formula is C14H22N2O5S2. The van der Waals surface area contributed by atoms with Crippen molar-refractivity contribution in [1.82, 2.24) is 9.44 Å². The summed E-state index contributed by atoms with van der Waals surface area (Å²) in [6, 6.07) is 5.67. The highest BCUT2D eigenvalue weighted by Crippen LogP contribution is 2.23. The summed E-state index contributed by atoms with van der Waals surface area (Å²) in [7, 11) is -5.79. The van der Waals surface area contributed by atoms with E-state index < -0.39 is 31.3 Å². The number of nitrogens with one attached hydrogen (secondary N) is 2. The minimum absolute atomic E-state index is 0.0983. The number of rotatable bonds is 6. The van der Waals surface area contributed by atoms with Gasteiger partial charge >= 0.3 is 0 Å². The fraction of sp³-hybridized carbons (Fsp3) is 0.571. The first-order valence-electron chi connectivity index (χ1n) is 7.33. The van der Waals surface area contributed by atoms with Gasteiger partial charge in [0, 0.05) is 12.6 Å². The minimum Gasteiger partial charge on any atom is -0.377 e. The lowest BCUT2D eigenvalue weighted by Crippen LogP contribution is -2.39. The van der Waals surface area contributed by atoms with Crippen LogP contribution in [0.25, 0.3) is 0 Å². The molecule has 7 nitrogen and oxygen atoms in total. The highest BCUT2D eigenvalue weighted by atomic mass is 32.2. The molecule has 2 N–H and O–H groups in total. The molecule has 9 heteroatoms. The van der Waals surface area contributed by atoms with Crippen LogP contribution in [0.4, 0.5) is 0 Å². The van der Waals surface area contributed by atoms with Crippen LogP contribution in [-0.2, 0) is 24.8 Å². The third kappa shape index (κ3) is 4.10. The molecule has 0 radical (unpaired) electrons. The van der Waals surface area contributed by atoms with Crippen molar-refractivity contribution in [2.45, 2.75) is 42.6 Å². The average Bonchev–Trinajstić information content (AvgIpc) is 2.94. The van der Waals surface area contributed by atoms with Gasteiger partial charge in [0.2, 0.25) is 20.0 Å². The zero-order valence-electron chi connectivity index (χ0n) is 13.3. The smallest absolute Gasteiger partial charge is 0.240 e. The first kappa shape index (κ1) is 18.3. The van der Waals surface area contributed by atoms with Gasteiger partial charge in [0.1, 0.15) is 5.25 Å². The number of hydrogen-bond acceptors (Lipinski definition) is 5. The summed E-state index contributed by atoms with van der Waals surface area (Å²) in [5.74, 6) is 0. The second-order valence-corrected chi connectivity index (χ2v) is 9.39. The van der Waals surface area contributed by atoms with Crippen molar-refractivity contribution in [3.63, 3.8) is 0 Å². The maximum Gasteiger partial charge on any atom is 0.240 e. The van der Waals surface area contributed by atoms with Crippen molar-refractivity contribution in [1.29, 1.82) is 0 Å². The topological polar surface area (TPSA) is 102 Å². The number of sulfonamides is 2. The van der Waals surface area contributed by atoms with Crippen LogP contribution in [0.3, 0.4) is 0 Å². The summed E-state index contributed by atoms with van der Waals surface area (Å²) in [6.45, 7) is 3.85. The van der Waals surface area contributed by atoms with Crippen LogP contribution in [0.15, 0.2) is 29.2 Å². The van der Waals surface area contributed by atoms with Crippen LogP contribution in [0.5, 0.6) is 0 Å².